The van der Waals surface area contributed by atoms with Crippen molar-refractivity contribution in [2.75, 3.05) is 6.61 Å². The third-order valence-electron chi connectivity index (χ3n) is 3.27. The number of halogens is 2. The molecule has 0 saturated carbocycles. The van der Waals surface area contributed by atoms with Crippen molar-refractivity contribution in [2.45, 2.75) is 27.2 Å². The van der Waals surface area contributed by atoms with Crippen LogP contribution in [-0.4, -0.2) is 27.5 Å². The number of carbonyl (C=O) groups excluding carboxylic acids is 1. The van der Waals surface area contributed by atoms with Gasteiger partial charge in [0.25, 0.3) is 6.08 Å². The molecule has 2 aromatic heterocycles. The van der Waals surface area contributed by atoms with E-state index in [1.54, 1.807) is 19.1 Å². The van der Waals surface area contributed by atoms with E-state index in [0.717, 1.165) is 5.69 Å². The van der Waals surface area contributed by atoms with E-state index >= 15 is 0 Å². The fourth-order valence-corrected chi connectivity index (χ4v) is 1.83. The molecule has 0 aromatic carbocycles. The number of aryl methyl sites for hydroxylation is 2. The number of ether oxygens (including phenoxy) is 2. The van der Waals surface area contributed by atoms with Gasteiger partial charge in [-0.2, -0.15) is 13.8 Å². The molecule has 0 fully saturated rings. The molecule has 2 heterocycles. The van der Waals surface area contributed by atoms with E-state index in [1.807, 2.05) is 13.0 Å². The van der Waals surface area contributed by atoms with Crippen molar-refractivity contribution in [1.82, 2.24) is 15.0 Å². The number of pyridine rings is 1. The van der Waals surface area contributed by atoms with Crippen molar-refractivity contribution >= 4 is 5.97 Å². The average Bonchev–Trinajstić information content (AvgIpc) is 2.54. The normalized spacial score (nSPS) is 10.3. The predicted molar refractivity (Wildman–Crippen MR) is 85.6 cm³/mol. The topological polar surface area (TPSA) is 74.2 Å². The van der Waals surface area contributed by atoms with E-state index < -0.39 is 12.0 Å². The summed E-state index contributed by atoms with van der Waals surface area (Å²) >= 11 is 0. The van der Waals surface area contributed by atoms with Crippen LogP contribution >= 0.6 is 0 Å². The molecular formula is C17H17F2N3O3. The number of rotatable bonds is 6. The second kappa shape index (κ2) is 8.27. The molecule has 0 amide bonds. The lowest BCUT2D eigenvalue weighted by atomic mass is 10.2. The molecule has 0 saturated heterocycles. The lowest BCUT2D eigenvalue weighted by Gasteiger charge is -2.08. The van der Waals surface area contributed by atoms with Gasteiger partial charge in [0.2, 0.25) is 5.88 Å². The second-order valence-electron chi connectivity index (χ2n) is 5.30. The lowest BCUT2D eigenvalue weighted by Crippen LogP contribution is -2.11. The van der Waals surface area contributed by atoms with Gasteiger partial charge >= 0.3 is 12.0 Å². The Morgan fingerprint density at radius 2 is 1.96 bits per heavy atom. The van der Waals surface area contributed by atoms with E-state index in [2.05, 4.69) is 15.0 Å². The molecule has 0 unspecified atom stereocenters. The highest BCUT2D eigenvalue weighted by atomic mass is 19.3. The summed E-state index contributed by atoms with van der Waals surface area (Å²) in [6, 6.07) is 5.31. The van der Waals surface area contributed by atoms with E-state index in [-0.39, 0.29) is 30.2 Å². The van der Waals surface area contributed by atoms with Crippen LogP contribution in [0.4, 0.5) is 8.78 Å². The quantitative estimate of drug-likeness (QED) is 0.734. The molecule has 0 radical (unpaired) electrons. The van der Waals surface area contributed by atoms with Crippen molar-refractivity contribution < 1.29 is 23.0 Å². The molecule has 2 rings (SSSR count). The maximum atomic E-state index is 12.3. The summed E-state index contributed by atoms with van der Waals surface area (Å²) in [4.78, 5) is 24.2. The molecule has 0 spiro atoms. The zero-order chi connectivity index (χ0) is 18.4. The summed E-state index contributed by atoms with van der Waals surface area (Å²) in [6.45, 7) is 4.56. The lowest BCUT2D eigenvalue weighted by molar-refractivity contribution is 0.0505. The van der Waals surface area contributed by atoms with Gasteiger partial charge in [-0.3, -0.25) is 0 Å². The highest BCUT2D eigenvalue weighted by Gasteiger charge is 2.14. The van der Waals surface area contributed by atoms with Gasteiger partial charge in [-0.1, -0.05) is 6.07 Å². The maximum Gasteiger partial charge on any atom is 0.341 e. The SMILES string of the molecule is CC(CCOC(=O)c1cnc(Oc2cccc(C)n2)nc1C)=C(F)F. The van der Waals surface area contributed by atoms with Gasteiger partial charge in [0.15, 0.2) is 0 Å². The summed E-state index contributed by atoms with van der Waals surface area (Å²) in [5.74, 6) is -0.338. The first-order chi connectivity index (χ1) is 11.9. The molecule has 0 N–H and O–H groups in total. The minimum absolute atomic E-state index is 0.0335. The Hall–Kier alpha value is -2.90. The Balaban J connectivity index is 2.01. The predicted octanol–water partition coefficient (Wildman–Crippen LogP) is 4.00. The molecular weight excluding hydrogens is 332 g/mol. The first-order valence-corrected chi connectivity index (χ1v) is 7.50. The maximum absolute atomic E-state index is 12.3. The number of carbonyl (C=O) groups is 1. The van der Waals surface area contributed by atoms with E-state index in [4.69, 9.17) is 9.47 Å². The Morgan fingerprint density at radius 3 is 2.60 bits per heavy atom. The molecule has 25 heavy (non-hydrogen) atoms. The second-order valence-corrected chi connectivity index (χ2v) is 5.30. The van der Waals surface area contributed by atoms with Gasteiger partial charge in [-0.25, -0.2) is 14.8 Å². The fourth-order valence-electron chi connectivity index (χ4n) is 1.83. The van der Waals surface area contributed by atoms with Gasteiger partial charge in [0.05, 0.1) is 17.9 Å². The van der Waals surface area contributed by atoms with Crippen molar-refractivity contribution in [3.8, 4) is 11.9 Å². The molecule has 0 aliphatic rings. The number of esters is 1. The summed E-state index contributed by atoms with van der Waals surface area (Å²) in [7, 11) is 0. The van der Waals surface area contributed by atoms with Gasteiger partial charge in [0.1, 0.15) is 0 Å². The van der Waals surface area contributed by atoms with Crippen molar-refractivity contribution in [3.05, 3.63) is 53.0 Å². The first-order valence-electron chi connectivity index (χ1n) is 7.50. The molecule has 0 aliphatic carbocycles. The largest absolute Gasteiger partial charge is 0.462 e. The van der Waals surface area contributed by atoms with Crippen LogP contribution in [0.25, 0.3) is 0 Å². The molecule has 0 atom stereocenters. The van der Waals surface area contributed by atoms with E-state index in [0.29, 0.717) is 11.6 Å². The van der Waals surface area contributed by atoms with Gasteiger partial charge in [0, 0.05) is 24.4 Å². The molecule has 6 nitrogen and oxygen atoms in total. The number of hydrogen-bond acceptors (Lipinski definition) is 6. The average molecular weight is 349 g/mol. The first kappa shape index (κ1) is 18.4. The van der Waals surface area contributed by atoms with Crippen LogP contribution in [0.15, 0.2) is 36.0 Å². The Morgan fingerprint density at radius 1 is 1.20 bits per heavy atom. The van der Waals surface area contributed by atoms with Crippen molar-refractivity contribution in [1.29, 1.82) is 0 Å². The monoisotopic (exact) mass is 349 g/mol. The zero-order valence-electron chi connectivity index (χ0n) is 14.0. The van der Waals surface area contributed by atoms with Crippen LogP contribution in [0, 0.1) is 13.8 Å². The van der Waals surface area contributed by atoms with E-state index in [1.165, 1.54) is 13.1 Å². The minimum atomic E-state index is -1.76. The van der Waals surface area contributed by atoms with Crippen LogP contribution in [0.2, 0.25) is 0 Å². The van der Waals surface area contributed by atoms with Crippen LogP contribution < -0.4 is 4.74 Å². The summed E-state index contributed by atoms with van der Waals surface area (Å²) < 4.78 is 35.0. The summed E-state index contributed by atoms with van der Waals surface area (Å²) in [5.41, 5.74) is 1.16. The molecule has 0 aliphatic heterocycles. The summed E-state index contributed by atoms with van der Waals surface area (Å²) in [6.07, 6.45) is -0.524. The van der Waals surface area contributed by atoms with Crippen LogP contribution in [0.5, 0.6) is 11.9 Å². The van der Waals surface area contributed by atoms with Gasteiger partial charge in [-0.15, -0.1) is 0 Å². The standard InChI is InChI=1S/C17H17F2N3O3/c1-10(15(18)19)7-8-24-16(23)13-9-20-17(22-12(13)3)25-14-6-4-5-11(2)21-14/h4-6,9H,7-8H2,1-3H3. The fraction of sp³-hybridized carbons (Fsp3) is 0.294. The number of aromatic nitrogens is 3. The third kappa shape index (κ3) is 5.30. The highest BCUT2D eigenvalue weighted by molar-refractivity contribution is 5.90. The van der Waals surface area contributed by atoms with Crippen molar-refractivity contribution in [2.24, 2.45) is 0 Å². The summed E-state index contributed by atoms with van der Waals surface area (Å²) in [5, 5.41) is 0. The van der Waals surface area contributed by atoms with Crippen molar-refractivity contribution in [3.63, 3.8) is 0 Å². The molecule has 2 aromatic rings. The smallest absolute Gasteiger partial charge is 0.341 e. The van der Waals surface area contributed by atoms with Gasteiger partial charge < -0.3 is 9.47 Å². The minimum Gasteiger partial charge on any atom is -0.462 e. The third-order valence-corrected chi connectivity index (χ3v) is 3.27. The van der Waals surface area contributed by atoms with E-state index in [9.17, 15) is 13.6 Å². The molecule has 0 bridgehead atoms. The number of nitrogens with zero attached hydrogens (tertiary/aromatic N) is 3. The highest BCUT2D eigenvalue weighted by Crippen LogP contribution is 2.17. The molecule has 8 heteroatoms. The van der Waals surface area contributed by atoms with Gasteiger partial charge in [-0.05, 0) is 32.4 Å². The Bertz CT molecular complexity index is 805. The van der Waals surface area contributed by atoms with Crippen LogP contribution in [-0.2, 0) is 4.74 Å². The Kier molecular flexibility index (Phi) is 6.10. The number of hydrogen-bond donors (Lipinski definition) is 0. The van der Waals surface area contributed by atoms with Crippen LogP contribution in [0.1, 0.15) is 35.1 Å². The van der Waals surface area contributed by atoms with Crippen LogP contribution in [0.3, 0.4) is 0 Å². The Labute approximate surface area is 143 Å². The molecule has 132 valence electrons. The zero-order valence-corrected chi connectivity index (χ0v) is 14.0.